The third-order valence-electron chi connectivity index (χ3n) is 5.03. The van der Waals surface area contributed by atoms with Crippen molar-refractivity contribution in [2.24, 2.45) is 0 Å². The van der Waals surface area contributed by atoms with Gasteiger partial charge in [-0.2, -0.15) is 0 Å². The van der Waals surface area contributed by atoms with Gasteiger partial charge in [0.1, 0.15) is 5.76 Å². The second-order valence-corrected chi connectivity index (χ2v) is 6.39. The van der Waals surface area contributed by atoms with Crippen molar-refractivity contribution in [3.63, 3.8) is 0 Å². The van der Waals surface area contributed by atoms with Crippen LogP contribution < -0.4 is 5.32 Å². The lowest BCUT2D eigenvalue weighted by Crippen LogP contribution is -2.61. The number of nitrogens with zero attached hydrogens (tertiary/aromatic N) is 1. The maximum Gasteiger partial charge on any atom is 0.111 e. The number of ether oxygens (including phenoxy) is 1. The summed E-state index contributed by atoms with van der Waals surface area (Å²) in [6, 6.07) is 0.341. The Morgan fingerprint density at radius 3 is 2.60 bits per heavy atom. The maximum absolute atomic E-state index is 5.92. The van der Waals surface area contributed by atoms with E-state index in [1.165, 1.54) is 44.5 Å². The minimum atomic E-state index is 0.172. The summed E-state index contributed by atoms with van der Waals surface area (Å²) >= 11 is 0. The number of rotatable bonds is 7. The standard InChI is InChI=1S/C17H32N2O/c1-4-11-18-16(15-10-9-14-20-15)17(3,5-2)19-12-7-6-8-13-19/h10,16,18H,4-9,11-14H2,1-3H3. The summed E-state index contributed by atoms with van der Waals surface area (Å²) in [5.74, 6) is 1.19. The molecule has 2 rings (SSSR count). The van der Waals surface area contributed by atoms with Crippen molar-refractivity contribution in [2.45, 2.75) is 70.9 Å². The quantitative estimate of drug-likeness (QED) is 0.774. The van der Waals surface area contributed by atoms with Gasteiger partial charge >= 0.3 is 0 Å². The summed E-state index contributed by atoms with van der Waals surface area (Å²) in [5.41, 5.74) is 0.172. The second-order valence-electron chi connectivity index (χ2n) is 6.39. The summed E-state index contributed by atoms with van der Waals surface area (Å²) in [6.07, 6.45) is 9.78. The van der Waals surface area contributed by atoms with Crippen LogP contribution in [0.5, 0.6) is 0 Å². The fraction of sp³-hybridized carbons (Fsp3) is 0.882. The smallest absolute Gasteiger partial charge is 0.111 e. The Morgan fingerprint density at radius 2 is 2.05 bits per heavy atom. The predicted molar refractivity (Wildman–Crippen MR) is 84.9 cm³/mol. The molecule has 0 amide bonds. The Labute approximate surface area is 124 Å². The zero-order valence-electron chi connectivity index (χ0n) is 13.6. The van der Waals surface area contributed by atoms with Crippen LogP contribution in [0, 0.1) is 0 Å². The van der Waals surface area contributed by atoms with Crippen LogP contribution in [0.25, 0.3) is 0 Å². The number of hydrogen-bond donors (Lipinski definition) is 1. The van der Waals surface area contributed by atoms with E-state index < -0.39 is 0 Å². The second kappa shape index (κ2) is 7.46. The van der Waals surface area contributed by atoms with Gasteiger partial charge in [-0.15, -0.1) is 0 Å². The fourth-order valence-electron chi connectivity index (χ4n) is 3.57. The van der Waals surface area contributed by atoms with Crippen molar-refractivity contribution in [3.05, 3.63) is 11.8 Å². The summed E-state index contributed by atoms with van der Waals surface area (Å²) in [7, 11) is 0. The highest BCUT2D eigenvalue weighted by atomic mass is 16.5. The summed E-state index contributed by atoms with van der Waals surface area (Å²) in [4.78, 5) is 2.70. The molecule has 0 saturated carbocycles. The van der Waals surface area contributed by atoms with E-state index in [1.807, 2.05) is 0 Å². The van der Waals surface area contributed by atoms with Gasteiger partial charge in [0.25, 0.3) is 0 Å². The van der Waals surface area contributed by atoms with Gasteiger partial charge in [0, 0.05) is 12.0 Å². The molecule has 0 aromatic carbocycles. The van der Waals surface area contributed by atoms with E-state index in [1.54, 1.807) is 0 Å². The van der Waals surface area contributed by atoms with Crippen molar-refractivity contribution in [1.82, 2.24) is 10.2 Å². The molecule has 116 valence electrons. The number of nitrogens with one attached hydrogen (secondary N) is 1. The third-order valence-corrected chi connectivity index (χ3v) is 5.03. The highest BCUT2D eigenvalue weighted by Gasteiger charge is 2.41. The topological polar surface area (TPSA) is 24.5 Å². The van der Waals surface area contributed by atoms with Crippen LogP contribution in [0.15, 0.2) is 11.8 Å². The maximum atomic E-state index is 5.92. The molecule has 0 aromatic rings. The van der Waals surface area contributed by atoms with Gasteiger partial charge in [0.05, 0.1) is 12.6 Å². The zero-order valence-corrected chi connectivity index (χ0v) is 13.6. The summed E-state index contributed by atoms with van der Waals surface area (Å²) in [5, 5.41) is 3.77. The van der Waals surface area contributed by atoms with Gasteiger partial charge < -0.3 is 10.1 Å². The molecule has 0 aromatic heterocycles. The predicted octanol–water partition coefficient (Wildman–Crippen LogP) is 3.31. The van der Waals surface area contributed by atoms with Gasteiger partial charge in [-0.05, 0) is 58.3 Å². The van der Waals surface area contributed by atoms with Gasteiger partial charge in [-0.1, -0.05) is 20.3 Å². The highest BCUT2D eigenvalue weighted by Crippen LogP contribution is 2.32. The lowest BCUT2D eigenvalue weighted by Gasteiger charge is -2.48. The molecule has 2 unspecified atom stereocenters. The molecule has 20 heavy (non-hydrogen) atoms. The highest BCUT2D eigenvalue weighted by molar-refractivity contribution is 5.16. The normalized spacial score (nSPS) is 24.9. The van der Waals surface area contributed by atoms with Crippen molar-refractivity contribution in [1.29, 1.82) is 0 Å². The van der Waals surface area contributed by atoms with Gasteiger partial charge in [0.2, 0.25) is 0 Å². The Morgan fingerprint density at radius 1 is 1.30 bits per heavy atom. The van der Waals surface area contributed by atoms with Crippen LogP contribution in [0.4, 0.5) is 0 Å². The summed E-state index contributed by atoms with van der Waals surface area (Å²) in [6.45, 7) is 11.4. The van der Waals surface area contributed by atoms with Crippen molar-refractivity contribution in [3.8, 4) is 0 Å². The van der Waals surface area contributed by atoms with Crippen LogP contribution in [-0.4, -0.2) is 42.7 Å². The van der Waals surface area contributed by atoms with Crippen molar-refractivity contribution >= 4 is 0 Å². The largest absolute Gasteiger partial charge is 0.496 e. The minimum absolute atomic E-state index is 0.172. The Hall–Kier alpha value is -0.540. The molecular formula is C17H32N2O. The molecule has 3 heteroatoms. The Bertz CT molecular complexity index is 323. The molecule has 0 bridgehead atoms. The van der Waals surface area contributed by atoms with Gasteiger partial charge in [0.15, 0.2) is 0 Å². The molecule has 2 atom stereocenters. The SMILES string of the molecule is CCCNC(C1=CCCO1)C(C)(CC)N1CCCCC1. The molecule has 0 spiro atoms. The average molecular weight is 280 g/mol. The first-order valence-electron chi connectivity index (χ1n) is 8.53. The Kier molecular flexibility index (Phi) is 5.91. The van der Waals surface area contributed by atoms with Crippen LogP contribution >= 0.6 is 0 Å². The van der Waals surface area contributed by atoms with Crippen molar-refractivity contribution in [2.75, 3.05) is 26.2 Å². The number of hydrogen-bond acceptors (Lipinski definition) is 3. The first-order chi connectivity index (χ1) is 9.72. The Balaban J connectivity index is 2.17. The van der Waals surface area contributed by atoms with E-state index in [2.05, 4.69) is 37.1 Å². The van der Waals surface area contributed by atoms with E-state index in [4.69, 9.17) is 4.74 Å². The van der Waals surface area contributed by atoms with Crippen molar-refractivity contribution < 1.29 is 4.74 Å². The molecule has 0 radical (unpaired) electrons. The van der Waals surface area contributed by atoms with Crippen LogP contribution in [0.2, 0.25) is 0 Å². The summed E-state index contributed by atoms with van der Waals surface area (Å²) < 4.78 is 5.92. The molecule has 2 aliphatic rings. The van der Waals surface area contributed by atoms with E-state index >= 15 is 0 Å². The van der Waals surface area contributed by atoms with Gasteiger partial charge in [-0.3, -0.25) is 4.90 Å². The molecule has 2 heterocycles. The molecule has 3 nitrogen and oxygen atoms in total. The minimum Gasteiger partial charge on any atom is -0.496 e. The first-order valence-corrected chi connectivity index (χ1v) is 8.53. The van der Waals surface area contributed by atoms with Gasteiger partial charge in [-0.25, -0.2) is 0 Å². The van der Waals surface area contributed by atoms with E-state index in [9.17, 15) is 0 Å². The monoisotopic (exact) mass is 280 g/mol. The van der Waals surface area contributed by atoms with Crippen LogP contribution in [0.1, 0.15) is 59.3 Å². The number of likely N-dealkylation sites (tertiary alicyclic amines) is 1. The fourth-order valence-corrected chi connectivity index (χ4v) is 3.57. The number of piperidine rings is 1. The lowest BCUT2D eigenvalue weighted by atomic mass is 9.84. The average Bonchev–Trinajstić information content (AvgIpc) is 3.02. The molecule has 0 aliphatic carbocycles. The molecule has 1 N–H and O–H groups in total. The first kappa shape index (κ1) is 15.8. The molecule has 1 fully saturated rings. The zero-order chi connectivity index (χ0) is 14.4. The molecule has 2 aliphatic heterocycles. The van der Waals surface area contributed by atoms with E-state index in [0.717, 1.165) is 26.0 Å². The molecular weight excluding hydrogens is 248 g/mol. The van der Waals surface area contributed by atoms with E-state index in [0.29, 0.717) is 6.04 Å². The third kappa shape index (κ3) is 3.37. The van der Waals surface area contributed by atoms with Crippen LogP contribution in [0.3, 0.4) is 0 Å². The van der Waals surface area contributed by atoms with E-state index in [-0.39, 0.29) is 5.54 Å². The lowest BCUT2D eigenvalue weighted by molar-refractivity contribution is 0.0353. The van der Waals surface area contributed by atoms with Crippen LogP contribution in [-0.2, 0) is 4.74 Å². The molecule has 1 saturated heterocycles.